The van der Waals surface area contributed by atoms with E-state index in [1.54, 1.807) is 0 Å². The largest absolute Gasteiger partial charge is 0.453 e. The molecule has 0 aromatic rings. The highest BCUT2D eigenvalue weighted by molar-refractivity contribution is 5.68. The molecule has 76 valence electrons. The number of rotatable bonds is 0. The molecule has 1 fully saturated rings. The van der Waals surface area contributed by atoms with Crippen molar-refractivity contribution in [1.29, 1.82) is 0 Å². The number of aliphatic hydroxyl groups is 3. The van der Waals surface area contributed by atoms with Gasteiger partial charge in [0.1, 0.15) is 6.10 Å². The molecule has 0 aromatic heterocycles. The summed E-state index contributed by atoms with van der Waals surface area (Å²) in [7, 11) is 1.14. The summed E-state index contributed by atoms with van der Waals surface area (Å²) in [6, 6.07) is 0. The molecule has 13 heavy (non-hydrogen) atoms. The number of carbonyl (C=O) groups excluding carboxylic acids is 1. The molecular weight excluding hydrogens is 178 g/mol. The number of piperidine rings is 1. The maximum absolute atomic E-state index is 11.0. The zero-order valence-electron chi connectivity index (χ0n) is 7.30. The van der Waals surface area contributed by atoms with Crippen LogP contribution in [-0.4, -0.2) is 52.0 Å². The third kappa shape index (κ3) is 1.74. The van der Waals surface area contributed by atoms with E-state index in [0.29, 0.717) is 11.3 Å². The molecule has 1 aliphatic heterocycles. The molecule has 1 heterocycles. The van der Waals surface area contributed by atoms with Crippen molar-refractivity contribution in [2.24, 2.45) is 0 Å². The van der Waals surface area contributed by atoms with Gasteiger partial charge < -0.3 is 20.1 Å². The fourth-order valence-electron chi connectivity index (χ4n) is 1.32. The van der Waals surface area contributed by atoms with E-state index < -0.39 is 18.1 Å². The van der Waals surface area contributed by atoms with E-state index >= 15 is 0 Å². The monoisotopic (exact) mass is 191 g/mol. The molecule has 0 aliphatic carbocycles. The fourth-order valence-corrected chi connectivity index (χ4v) is 1.32. The minimum atomic E-state index is -2.51. The first-order chi connectivity index (χ1) is 6.00. The third-order valence-corrected chi connectivity index (χ3v) is 2.10. The van der Waals surface area contributed by atoms with Crippen molar-refractivity contribution in [3.8, 4) is 0 Å². The zero-order valence-corrected chi connectivity index (χ0v) is 7.30. The second-order valence-electron chi connectivity index (χ2n) is 2.97. The number of carbonyl (C=O) groups is 1. The summed E-state index contributed by atoms with van der Waals surface area (Å²) in [4.78, 5) is 11.7. The molecule has 1 saturated heterocycles. The molecular formula is C7H13NO5. The second kappa shape index (κ2) is 3.49. The van der Waals surface area contributed by atoms with Crippen LogP contribution in [0.3, 0.4) is 0 Å². The number of methoxy groups -OCH3 is 1. The van der Waals surface area contributed by atoms with Crippen LogP contribution < -0.4 is 0 Å². The summed E-state index contributed by atoms with van der Waals surface area (Å²) in [5.41, 5.74) is 0. The average molecular weight is 191 g/mol. The van der Waals surface area contributed by atoms with Gasteiger partial charge >= 0.3 is 6.09 Å². The first-order valence-electron chi connectivity index (χ1n) is 3.98. The molecule has 0 bridgehead atoms. The Balaban J connectivity index is 2.77. The Morgan fingerprint density at radius 3 is 2.77 bits per heavy atom. The Morgan fingerprint density at radius 2 is 2.23 bits per heavy atom. The van der Waals surface area contributed by atoms with Crippen molar-refractivity contribution in [2.45, 2.75) is 24.9 Å². The minimum Gasteiger partial charge on any atom is -0.453 e. The molecule has 6 heteroatoms. The molecule has 1 rings (SSSR count). The normalized spacial score (nSPS) is 27.1. The van der Waals surface area contributed by atoms with Crippen molar-refractivity contribution in [3.63, 3.8) is 0 Å². The van der Waals surface area contributed by atoms with Gasteiger partial charge in [-0.2, -0.15) is 0 Å². The molecule has 0 radical (unpaired) electrons. The van der Waals surface area contributed by atoms with Crippen LogP contribution in [0.25, 0.3) is 0 Å². The lowest BCUT2D eigenvalue weighted by Crippen LogP contribution is -2.62. The molecule has 0 aromatic carbocycles. The summed E-state index contributed by atoms with van der Waals surface area (Å²) >= 11 is 0. The Labute approximate surface area is 75.3 Å². The first kappa shape index (κ1) is 10.2. The van der Waals surface area contributed by atoms with Crippen LogP contribution in [0.2, 0.25) is 0 Å². The lowest BCUT2D eigenvalue weighted by atomic mass is 10.0. The summed E-state index contributed by atoms with van der Waals surface area (Å²) < 4.78 is 4.33. The van der Waals surface area contributed by atoms with E-state index in [2.05, 4.69) is 4.74 Å². The number of aliphatic hydroxyl groups excluding tert-OH is 1. The van der Waals surface area contributed by atoms with E-state index in [0.717, 1.165) is 7.11 Å². The number of ether oxygens (including phenoxy) is 1. The molecule has 1 amide bonds. The van der Waals surface area contributed by atoms with E-state index in [4.69, 9.17) is 0 Å². The van der Waals surface area contributed by atoms with Crippen LogP contribution in [0.15, 0.2) is 0 Å². The molecule has 0 saturated carbocycles. The highest BCUT2D eigenvalue weighted by Gasteiger charge is 2.45. The van der Waals surface area contributed by atoms with Gasteiger partial charge in [0.05, 0.1) is 7.11 Å². The van der Waals surface area contributed by atoms with E-state index in [1.807, 2.05) is 0 Å². The predicted molar refractivity (Wildman–Crippen MR) is 41.5 cm³/mol. The average Bonchev–Trinajstić information content (AvgIpc) is 2.08. The SMILES string of the molecule is COC(=O)N1CCCC(O)C1(O)O. The Bertz CT molecular complexity index is 205. The van der Waals surface area contributed by atoms with E-state index in [1.165, 1.54) is 0 Å². The van der Waals surface area contributed by atoms with E-state index in [9.17, 15) is 20.1 Å². The highest BCUT2D eigenvalue weighted by atomic mass is 16.6. The number of hydrogen-bond acceptors (Lipinski definition) is 5. The summed E-state index contributed by atoms with van der Waals surface area (Å²) in [5.74, 6) is -2.51. The highest BCUT2D eigenvalue weighted by Crippen LogP contribution is 2.24. The van der Waals surface area contributed by atoms with Gasteiger partial charge in [0.15, 0.2) is 0 Å². The van der Waals surface area contributed by atoms with Crippen molar-refractivity contribution in [1.82, 2.24) is 4.90 Å². The molecule has 1 aliphatic rings. The van der Waals surface area contributed by atoms with Gasteiger partial charge in [-0.05, 0) is 12.8 Å². The van der Waals surface area contributed by atoms with Gasteiger partial charge in [0, 0.05) is 6.54 Å². The minimum absolute atomic E-state index is 0.163. The molecule has 6 nitrogen and oxygen atoms in total. The van der Waals surface area contributed by atoms with Gasteiger partial charge in [0.2, 0.25) is 0 Å². The van der Waals surface area contributed by atoms with E-state index in [-0.39, 0.29) is 13.0 Å². The van der Waals surface area contributed by atoms with Crippen molar-refractivity contribution in [2.75, 3.05) is 13.7 Å². The number of amides is 1. The van der Waals surface area contributed by atoms with Crippen molar-refractivity contribution < 1.29 is 24.9 Å². The van der Waals surface area contributed by atoms with Gasteiger partial charge in [0.25, 0.3) is 5.91 Å². The van der Waals surface area contributed by atoms with Crippen LogP contribution in [0.4, 0.5) is 4.79 Å². The summed E-state index contributed by atoms with van der Waals surface area (Å²) in [6.45, 7) is 0.163. The smallest absolute Gasteiger partial charge is 0.413 e. The second-order valence-corrected chi connectivity index (χ2v) is 2.97. The maximum atomic E-state index is 11.0. The quantitative estimate of drug-likeness (QED) is 0.420. The topological polar surface area (TPSA) is 90.2 Å². The zero-order chi connectivity index (χ0) is 10.1. The standard InChI is InChI=1S/C7H13NO5/c1-13-6(10)8-4-2-3-5(9)7(8,11)12/h5,9,11-12H,2-4H2,1H3. The van der Waals surface area contributed by atoms with Gasteiger partial charge in [-0.15, -0.1) is 0 Å². The van der Waals surface area contributed by atoms with Crippen LogP contribution in [0.1, 0.15) is 12.8 Å². The van der Waals surface area contributed by atoms with Crippen LogP contribution in [0.5, 0.6) is 0 Å². The van der Waals surface area contributed by atoms with Gasteiger partial charge in [-0.1, -0.05) is 0 Å². The van der Waals surface area contributed by atoms with Crippen molar-refractivity contribution >= 4 is 6.09 Å². The first-order valence-corrected chi connectivity index (χ1v) is 3.98. The number of hydrogen-bond donors (Lipinski definition) is 3. The number of likely N-dealkylation sites (tertiary alicyclic amines) is 1. The Kier molecular flexibility index (Phi) is 2.74. The van der Waals surface area contributed by atoms with Crippen LogP contribution >= 0.6 is 0 Å². The third-order valence-electron chi connectivity index (χ3n) is 2.10. The molecule has 3 N–H and O–H groups in total. The summed E-state index contributed by atoms with van der Waals surface area (Å²) in [6.07, 6.45) is -1.44. The maximum Gasteiger partial charge on any atom is 0.413 e. The molecule has 0 spiro atoms. The predicted octanol–water partition coefficient (Wildman–Crippen LogP) is -1.15. The summed E-state index contributed by atoms with van der Waals surface area (Å²) in [5, 5.41) is 27.9. The Hall–Kier alpha value is -0.850. The lowest BCUT2D eigenvalue weighted by Gasteiger charge is -2.40. The number of nitrogens with zero attached hydrogens (tertiary/aromatic N) is 1. The molecule has 1 atom stereocenters. The van der Waals surface area contributed by atoms with Crippen LogP contribution in [-0.2, 0) is 4.74 Å². The molecule has 1 unspecified atom stereocenters. The Morgan fingerprint density at radius 1 is 1.62 bits per heavy atom. The van der Waals surface area contributed by atoms with Crippen LogP contribution in [0, 0.1) is 0 Å². The van der Waals surface area contributed by atoms with Gasteiger partial charge in [-0.3, -0.25) is 4.90 Å². The fraction of sp³-hybridized carbons (Fsp3) is 0.857. The lowest BCUT2D eigenvalue weighted by molar-refractivity contribution is -0.310. The van der Waals surface area contributed by atoms with Crippen molar-refractivity contribution in [3.05, 3.63) is 0 Å². The van der Waals surface area contributed by atoms with Gasteiger partial charge in [-0.25, -0.2) is 4.79 Å².